The topological polar surface area (TPSA) is 69.1 Å². The molecule has 2 N–H and O–H groups in total. The molecule has 1 aliphatic carbocycles. The molecular weight excluding hydrogens is 214 g/mol. The monoisotopic (exact) mass is 231 g/mol. The molecule has 2 atom stereocenters. The van der Waals surface area contributed by atoms with Crippen LogP contribution in [0.15, 0.2) is 18.5 Å². The number of nitrogens with two attached hydrogens (primary N) is 1. The minimum atomic E-state index is -0.0826. The predicted octanol–water partition coefficient (Wildman–Crippen LogP) is 1.28. The van der Waals surface area contributed by atoms with Gasteiger partial charge in [0.25, 0.3) is 5.78 Å². The highest BCUT2D eigenvalue weighted by atomic mass is 15.3. The van der Waals surface area contributed by atoms with E-state index in [4.69, 9.17) is 5.73 Å². The SMILES string of the molecule is CC1(c2nnc3ncccn23)CCCCC1N. The standard InChI is InChI=1S/C12H17N5/c1-12(6-3-2-5-9(12)13)10-15-16-11-14-7-4-8-17(10)11/h4,7-9H,2-3,5-6,13H2,1H3. The van der Waals surface area contributed by atoms with Gasteiger partial charge in [0.05, 0.1) is 0 Å². The van der Waals surface area contributed by atoms with Crippen molar-refractivity contribution in [2.45, 2.75) is 44.1 Å². The molecule has 5 nitrogen and oxygen atoms in total. The van der Waals surface area contributed by atoms with Crippen LogP contribution in [0, 0.1) is 0 Å². The largest absolute Gasteiger partial charge is 0.327 e. The maximum atomic E-state index is 6.29. The molecular formula is C12H17N5. The summed E-state index contributed by atoms with van der Waals surface area (Å²) in [5.74, 6) is 1.61. The molecule has 2 aromatic heterocycles. The second-order valence-corrected chi connectivity index (χ2v) is 5.08. The molecule has 0 aromatic carbocycles. The molecule has 3 rings (SSSR count). The summed E-state index contributed by atoms with van der Waals surface area (Å²) in [6.07, 6.45) is 8.25. The maximum Gasteiger partial charge on any atom is 0.254 e. The summed E-state index contributed by atoms with van der Waals surface area (Å²) in [4.78, 5) is 4.20. The van der Waals surface area contributed by atoms with E-state index >= 15 is 0 Å². The third-order valence-corrected chi connectivity index (χ3v) is 3.98. The Labute approximate surface area is 100 Å². The molecule has 0 bridgehead atoms. The van der Waals surface area contributed by atoms with Gasteiger partial charge < -0.3 is 5.73 Å². The molecule has 0 spiro atoms. The summed E-state index contributed by atoms with van der Waals surface area (Å²) in [7, 11) is 0. The van der Waals surface area contributed by atoms with Gasteiger partial charge >= 0.3 is 0 Å². The summed E-state index contributed by atoms with van der Waals surface area (Å²) in [6, 6.07) is 2.06. The van der Waals surface area contributed by atoms with Crippen LogP contribution in [-0.4, -0.2) is 25.6 Å². The third kappa shape index (κ3) is 1.53. The van der Waals surface area contributed by atoms with Gasteiger partial charge in [0.1, 0.15) is 5.82 Å². The second-order valence-electron chi connectivity index (χ2n) is 5.08. The van der Waals surface area contributed by atoms with E-state index in [2.05, 4.69) is 22.1 Å². The Hall–Kier alpha value is -1.49. The van der Waals surface area contributed by atoms with Crippen molar-refractivity contribution in [3.8, 4) is 0 Å². The Kier molecular flexibility index (Phi) is 2.36. The number of hydrogen-bond acceptors (Lipinski definition) is 4. The van der Waals surface area contributed by atoms with E-state index < -0.39 is 0 Å². The van der Waals surface area contributed by atoms with Crippen LogP contribution >= 0.6 is 0 Å². The van der Waals surface area contributed by atoms with Gasteiger partial charge in [0.15, 0.2) is 0 Å². The van der Waals surface area contributed by atoms with E-state index in [9.17, 15) is 0 Å². The van der Waals surface area contributed by atoms with Gasteiger partial charge in [0, 0.05) is 23.9 Å². The first-order valence-corrected chi connectivity index (χ1v) is 6.13. The average Bonchev–Trinajstić information content (AvgIpc) is 2.77. The summed E-state index contributed by atoms with van der Waals surface area (Å²) >= 11 is 0. The number of rotatable bonds is 1. The lowest BCUT2D eigenvalue weighted by molar-refractivity contribution is 0.257. The molecule has 1 saturated carbocycles. The molecule has 0 amide bonds. The number of aromatic nitrogens is 4. The summed E-state index contributed by atoms with van der Waals surface area (Å²) in [5, 5.41) is 8.43. The highest BCUT2D eigenvalue weighted by molar-refractivity contribution is 5.30. The highest BCUT2D eigenvalue weighted by Gasteiger charge is 2.39. The van der Waals surface area contributed by atoms with Gasteiger partial charge in [-0.3, -0.25) is 4.40 Å². The van der Waals surface area contributed by atoms with Crippen LogP contribution < -0.4 is 5.73 Å². The van der Waals surface area contributed by atoms with Crippen LogP contribution in [0.3, 0.4) is 0 Å². The molecule has 0 radical (unpaired) electrons. The lowest BCUT2D eigenvalue weighted by atomic mass is 9.71. The van der Waals surface area contributed by atoms with Gasteiger partial charge in [-0.1, -0.05) is 19.8 Å². The van der Waals surface area contributed by atoms with Crippen molar-refractivity contribution in [1.82, 2.24) is 19.6 Å². The van der Waals surface area contributed by atoms with Crippen LogP contribution in [0.25, 0.3) is 5.78 Å². The maximum absolute atomic E-state index is 6.29. The lowest BCUT2D eigenvalue weighted by Crippen LogP contribution is -2.46. The Bertz CT molecular complexity index is 534. The molecule has 0 aliphatic heterocycles. The Morgan fingerprint density at radius 1 is 1.41 bits per heavy atom. The fraction of sp³-hybridized carbons (Fsp3) is 0.583. The smallest absolute Gasteiger partial charge is 0.254 e. The Morgan fingerprint density at radius 2 is 2.29 bits per heavy atom. The zero-order valence-electron chi connectivity index (χ0n) is 10.0. The Balaban J connectivity index is 2.13. The normalized spacial score (nSPS) is 29.6. The van der Waals surface area contributed by atoms with Gasteiger partial charge in [-0.25, -0.2) is 4.98 Å². The molecule has 0 saturated heterocycles. The number of nitrogens with zero attached hydrogens (tertiary/aromatic N) is 4. The van der Waals surface area contributed by atoms with Gasteiger partial charge in [-0.05, 0) is 18.9 Å². The molecule has 2 heterocycles. The van der Waals surface area contributed by atoms with Crippen LogP contribution in [0.1, 0.15) is 38.4 Å². The van der Waals surface area contributed by atoms with Gasteiger partial charge in [0.2, 0.25) is 0 Å². The van der Waals surface area contributed by atoms with Gasteiger partial charge in [-0.15, -0.1) is 10.2 Å². The molecule has 5 heteroatoms. The van der Waals surface area contributed by atoms with E-state index in [1.165, 1.54) is 12.8 Å². The molecule has 1 fully saturated rings. The number of fused-ring (bicyclic) bond motifs is 1. The summed E-state index contributed by atoms with van der Waals surface area (Å²) in [5.41, 5.74) is 6.21. The van der Waals surface area contributed by atoms with E-state index in [0.717, 1.165) is 18.7 Å². The second kappa shape index (κ2) is 3.77. The zero-order valence-corrected chi connectivity index (χ0v) is 10.0. The van der Waals surface area contributed by atoms with Crippen molar-refractivity contribution in [2.24, 2.45) is 5.73 Å². The molecule has 2 aromatic rings. The van der Waals surface area contributed by atoms with Crippen molar-refractivity contribution in [1.29, 1.82) is 0 Å². The first-order chi connectivity index (χ1) is 8.22. The van der Waals surface area contributed by atoms with E-state index in [1.54, 1.807) is 6.20 Å². The first kappa shape index (κ1) is 10.7. The van der Waals surface area contributed by atoms with Crippen molar-refractivity contribution >= 4 is 5.78 Å². The van der Waals surface area contributed by atoms with Crippen molar-refractivity contribution in [3.63, 3.8) is 0 Å². The molecule has 1 aliphatic rings. The molecule has 90 valence electrons. The average molecular weight is 231 g/mol. The fourth-order valence-electron chi connectivity index (χ4n) is 2.77. The Morgan fingerprint density at radius 3 is 3.12 bits per heavy atom. The predicted molar refractivity (Wildman–Crippen MR) is 64.6 cm³/mol. The van der Waals surface area contributed by atoms with Crippen LogP contribution in [0.5, 0.6) is 0 Å². The summed E-state index contributed by atoms with van der Waals surface area (Å²) in [6.45, 7) is 2.19. The minimum Gasteiger partial charge on any atom is -0.327 e. The molecule has 2 unspecified atom stereocenters. The number of hydrogen-bond donors (Lipinski definition) is 1. The van der Waals surface area contributed by atoms with E-state index in [-0.39, 0.29) is 11.5 Å². The van der Waals surface area contributed by atoms with Crippen LogP contribution in [-0.2, 0) is 5.41 Å². The first-order valence-electron chi connectivity index (χ1n) is 6.13. The minimum absolute atomic E-state index is 0.0826. The lowest BCUT2D eigenvalue weighted by Gasteiger charge is -2.37. The van der Waals surface area contributed by atoms with Gasteiger partial charge in [-0.2, -0.15) is 0 Å². The van der Waals surface area contributed by atoms with Crippen molar-refractivity contribution < 1.29 is 0 Å². The van der Waals surface area contributed by atoms with Crippen molar-refractivity contribution in [3.05, 3.63) is 24.3 Å². The summed E-state index contributed by atoms with van der Waals surface area (Å²) < 4.78 is 1.96. The quantitative estimate of drug-likeness (QED) is 0.802. The van der Waals surface area contributed by atoms with E-state index in [1.807, 2.05) is 16.7 Å². The van der Waals surface area contributed by atoms with Crippen molar-refractivity contribution in [2.75, 3.05) is 0 Å². The zero-order chi connectivity index (χ0) is 11.9. The van der Waals surface area contributed by atoms with E-state index in [0.29, 0.717) is 5.78 Å². The fourth-order valence-corrected chi connectivity index (χ4v) is 2.77. The van der Waals surface area contributed by atoms with Crippen LogP contribution in [0.4, 0.5) is 0 Å². The van der Waals surface area contributed by atoms with Crippen LogP contribution in [0.2, 0.25) is 0 Å². The molecule has 17 heavy (non-hydrogen) atoms. The third-order valence-electron chi connectivity index (χ3n) is 3.98. The highest BCUT2D eigenvalue weighted by Crippen LogP contribution is 2.37.